The van der Waals surface area contributed by atoms with Crippen LogP contribution in [0.4, 0.5) is 8.78 Å². The summed E-state index contributed by atoms with van der Waals surface area (Å²) in [4.78, 5) is 0. The second-order valence-electron chi connectivity index (χ2n) is 2.29. The van der Waals surface area contributed by atoms with Crippen LogP contribution in [0, 0.1) is 6.42 Å². The fourth-order valence-corrected chi connectivity index (χ4v) is 1.29. The summed E-state index contributed by atoms with van der Waals surface area (Å²) in [5.74, 6) is 0. The Morgan fingerprint density at radius 2 is 2.30 bits per heavy atom. The van der Waals surface area contributed by atoms with Gasteiger partial charge in [0, 0.05) is 15.9 Å². The predicted molar refractivity (Wildman–Crippen MR) is 36.9 cm³/mol. The van der Waals surface area contributed by atoms with Crippen LogP contribution in [0.1, 0.15) is 19.3 Å². The van der Waals surface area contributed by atoms with E-state index in [0.717, 1.165) is 6.42 Å². The van der Waals surface area contributed by atoms with Gasteiger partial charge in [-0.05, 0) is 25.7 Å². The molecule has 0 saturated heterocycles. The van der Waals surface area contributed by atoms with Crippen molar-refractivity contribution in [3.05, 3.63) is 6.42 Å². The van der Waals surface area contributed by atoms with Gasteiger partial charge in [0.25, 0.3) is 0 Å². The molecule has 0 aromatic carbocycles. The van der Waals surface area contributed by atoms with Crippen LogP contribution < -0.4 is 0 Å². The number of halogens is 3. The van der Waals surface area contributed by atoms with Gasteiger partial charge in [0.2, 0.25) is 0 Å². The zero-order chi connectivity index (χ0) is 7.61. The van der Waals surface area contributed by atoms with E-state index in [0.29, 0.717) is 12.8 Å². The molecule has 1 unspecified atom stereocenters. The average Bonchev–Trinajstić information content (AvgIpc) is 2.12. The molecule has 1 aliphatic rings. The lowest BCUT2D eigenvalue weighted by Gasteiger charge is -2.14. The van der Waals surface area contributed by atoms with Crippen molar-refractivity contribution in [1.82, 2.24) is 0 Å². The predicted octanol–water partition coefficient (Wildman–Crippen LogP) is 2.70. The minimum atomic E-state index is -3.14. The third-order valence-corrected chi connectivity index (χ3v) is 1.61. The molecule has 0 heterocycles. The molecule has 10 heavy (non-hydrogen) atoms. The molecule has 0 amide bonds. The van der Waals surface area contributed by atoms with Crippen molar-refractivity contribution in [3.63, 3.8) is 0 Å². The minimum absolute atomic E-state index is 0.297. The fraction of sp³-hybridized carbons (Fsp3) is 0.833. The first-order valence-corrected chi connectivity index (χ1v) is 3.93. The Balaban J connectivity index is 2.24. The molecule has 1 atom stereocenters. The SMILES string of the molecule is FC(F)(Br)OC1C[CH]CC1. The topological polar surface area (TPSA) is 9.23 Å². The second kappa shape index (κ2) is 3.13. The molecule has 0 aromatic rings. The summed E-state index contributed by atoms with van der Waals surface area (Å²) >= 11 is 2.12. The zero-order valence-corrected chi connectivity index (χ0v) is 6.90. The van der Waals surface area contributed by atoms with E-state index in [2.05, 4.69) is 20.7 Å². The maximum absolute atomic E-state index is 12.1. The second-order valence-corrected chi connectivity index (χ2v) is 3.21. The fourth-order valence-electron chi connectivity index (χ4n) is 1.02. The third-order valence-electron chi connectivity index (χ3n) is 1.42. The standard InChI is InChI=1S/C6H8BrF2O/c7-6(8,9)10-5-3-1-2-4-5/h1,5H,2-4H2. The van der Waals surface area contributed by atoms with Crippen molar-refractivity contribution >= 4 is 15.9 Å². The molecule has 1 radical (unpaired) electrons. The van der Waals surface area contributed by atoms with Crippen LogP contribution in [0.15, 0.2) is 0 Å². The average molecular weight is 214 g/mol. The molecular weight excluding hydrogens is 206 g/mol. The molecule has 0 N–H and O–H groups in total. The van der Waals surface area contributed by atoms with Gasteiger partial charge in [-0.15, -0.1) is 0 Å². The summed E-state index contributed by atoms with van der Waals surface area (Å²) in [7, 11) is 0. The highest BCUT2D eigenvalue weighted by molar-refractivity contribution is 9.09. The van der Waals surface area contributed by atoms with Gasteiger partial charge in [-0.25, -0.2) is 0 Å². The molecule has 59 valence electrons. The molecular formula is C6H8BrF2O. The van der Waals surface area contributed by atoms with E-state index in [-0.39, 0.29) is 6.10 Å². The number of hydrogen-bond donors (Lipinski definition) is 0. The monoisotopic (exact) mass is 213 g/mol. The van der Waals surface area contributed by atoms with Crippen molar-refractivity contribution in [2.24, 2.45) is 0 Å². The summed E-state index contributed by atoms with van der Waals surface area (Å²) < 4.78 is 28.5. The number of rotatable bonds is 2. The Morgan fingerprint density at radius 3 is 2.70 bits per heavy atom. The summed E-state index contributed by atoms with van der Waals surface area (Å²) in [5, 5.41) is -3.14. The maximum Gasteiger partial charge on any atom is 0.414 e. The van der Waals surface area contributed by atoms with Crippen LogP contribution in [-0.2, 0) is 4.74 Å². The summed E-state index contributed by atoms with van der Waals surface area (Å²) in [6, 6.07) is 0. The molecule has 0 bridgehead atoms. The van der Waals surface area contributed by atoms with Crippen LogP contribution in [0.3, 0.4) is 0 Å². The van der Waals surface area contributed by atoms with E-state index < -0.39 is 5.02 Å². The van der Waals surface area contributed by atoms with Gasteiger partial charge in [-0.3, -0.25) is 0 Å². The molecule has 1 nitrogen and oxygen atoms in total. The Bertz CT molecular complexity index is 107. The molecule has 1 saturated carbocycles. The molecule has 0 aliphatic heterocycles. The van der Waals surface area contributed by atoms with E-state index >= 15 is 0 Å². The summed E-state index contributed by atoms with van der Waals surface area (Å²) in [6.45, 7) is 0. The largest absolute Gasteiger partial charge is 0.414 e. The first-order valence-electron chi connectivity index (χ1n) is 3.14. The summed E-state index contributed by atoms with van der Waals surface area (Å²) in [6.07, 6.45) is 3.90. The molecule has 4 heteroatoms. The minimum Gasteiger partial charge on any atom is -0.308 e. The number of hydrogen-bond acceptors (Lipinski definition) is 1. The smallest absolute Gasteiger partial charge is 0.308 e. The lowest BCUT2D eigenvalue weighted by Crippen LogP contribution is -2.19. The van der Waals surface area contributed by atoms with E-state index in [1.54, 1.807) is 0 Å². The lowest BCUT2D eigenvalue weighted by atomic mass is 10.3. The zero-order valence-electron chi connectivity index (χ0n) is 5.32. The van der Waals surface area contributed by atoms with E-state index in [9.17, 15) is 8.78 Å². The van der Waals surface area contributed by atoms with Crippen LogP contribution in [0.5, 0.6) is 0 Å². The first kappa shape index (κ1) is 8.40. The maximum atomic E-state index is 12.1. The first-order chi connectivity index (χ1) is 4.58. The van der Waals surface area contributed by atoms with Crippen LogP contribution in [-0.4, -0.2) is 11.1 Å². The third kappa shape index (κ3) is 2.92. The highest BCUT2D eigenvalue weighted by Gasteiger charge is 2.31. The van der Waals surface area contributed by atoms with Crippen molar-refractivity contribution in [2.45, 2.75) is 30.4 Å². The molecule has 1 aliphatic carbocycles. The number of ether oxygens (including phenoxy) is 1. The van der Waals surface area contributed by atoms with Crippen LogP contribution in [0.25, 0.3) is 0 Å². The van der Waals surface area contributed by atoms with Gasteiger partial charge in [-0.1, -0.05) is 0 Å². The van der Waals surface area contributed by atoms with Crippen molar-refractivity contribution in [3.8, 4) is 0 Å². The molecule has 0 aromatic heterocycles. The molecule has 1 fully saturated rings. The Labute approximate surface area is 66.9 Å². The van der Waals surface area contributed by atoms with Crippen LogP contribution in [0.2, 0.25) is 0 Å². The van der Waals surface area contributed by atoms with Gasteiger partial charge in [0.1, 0.15) is 0 Å². The van der Waals surface area contributed by atoms with Gasteiger partial charge in [-0.2, -0.15) is 8.78 Å². The normalized spacial score (nSPS) is 21.9. The molecule has 0 spiro atoms. The molecule has 1 rings (SSSR count). The Hall–Kier alpha value is 0.300. The Morgan fingerprint density at radius 1 is 1.60 bits per heavy atom. The van der Waals surface area contributed by atoms with Crippen LogP contribution >= 0.6 is 15.9 Å². The van der Waals surface area contributed by atoms with Gasteiger partial charge >= 0.3 is 5.02 Å². The summed E-state index contributed by atoms with van der Waals surface area (Å²) in [5.41, 5.74) is 0. The highest BCUT2D eigenvalue weighted by atomic mass is 79.9. The Kier molecular flexibility index (Phi) is 2.63. The van der Waals surface area contributed by atoms with Crippen molar-refractivity contribution in [2.75, 3.05) is 0 Å². The van der Waals surface area contributed by atoms with E-state index in [1.807, 2.05) is 6.42 Å². The van der Waals surface area contributed by atoms with E-state index in [4.69, 9.17) is 0 Å². The quantitative estimate of drug-likeness (QED) is 0.642. The van der Waals surface area contributed by atoms with Gasteiger partial charge in [0.05, 0.1) is 6.10 Å². The van der Waals surface area contributed by atoms with Gasteiger partial charge in [0.15, 0.2) is 0 Å². The van der Waals surface area contributed by atoms with Gasteiger partial charge < -0.3 is 4.74 Å². The lowest BCUT2D eigenvalue weighted by molar-refractivity contribution is -0.184. The van der Waals surface area contributed by atoms with Crippen molar-refractivity contribution < 1.29 is 13.5 Å². The highest BCUT2D eigenvalue weighted by Crippen LogP contribution is 2.30. The number of alkyl halides is 3. The van der Waals surface area contributed by atoms with Crippen molar-refractivity contribution in [1.29, 1.82) is 0 Å². The van der Waals surface area contributed by atoms with E-state index in [1.165, 1.54) is 0 Å².